The Hall–Kier alpha value is -1.92. The normalized spacial score (nSPS) is 27.7. The number of carboxylic acid groups (broad SMARTS) is 1. The number of benzene rings is 1. The van der Waals surface area contributed by atoms with Crippen molar-refractivity contribution in [2.75, 3.05) is 6.54 Å². The Labute approximate surface area is 135 Å². The topological polar surface area (TPSA) is 86.7 Å². The second-order valence-electron chi connectivity index (χ2n) is 6.99. The lowest BCUT2D eigenvalue weighted by Gasteiger charge is -2.47. The minimum absolute atomic E-state index is 0.0544. The van der Waals surface area contributed by atoms with E-state index in [0.717, 1.165) is 5.56 Å². The van der Waals surface area contributed by atoms with Gasteiger partial charge in [-0.05, 0) is 26.3 Å². The van der Waals surface area contributed by atoms with Crippen LogP contribution in [0.25, 0.3) is 0 Å². The highest BCUT2D eigenvalue weighted by Crippen LogP contribution is 2.37. The van der Waals surface area contributed by atoms with Crippen LogP contribution in [0.2, 0.25) is 0 Å². The maximum absolute atomic E-state index is 12.5. The van der Waals surface area contributed by atoms with Gasteiger partial charge in [-0.1, -0.05) is 30.3 Å². The number of hydrogen-bond donors (Lipinski definition) is 1. The Morgan fingerprint density at radius 3 is 2.43 bits per heavy atom. The summed E-state index contributed by atoms with van der Waals surface area (Å²) >= 11 is 0. The summed E-state index contributed by atoms with van der Waals surface area (Å²) in [5, 5.41) is 21.8. The Morgan fingerprint density at radius 2 is 1.91 bits per heavy atom. The van der Waals surface area contributed by atoms with Gasteiger partial charge in [-0.3, -0.25) is 4.48 Å². The summed E-state index contributed by atoms with van der Waals surface area (Å²) in [6.45, 7) is 5.18. The summed E-state index contributed by atoms with van der Waals surface area (Å²) in [6, 6.07) is 8.19. The van der Waals surface area contributed by atoms with E-state index >= 15 is 0 Å². The summed E-state index contributed by atoms with van der Waals surface area (Å²) < 4.78 is 4.68. The number of carbonyl (C=O) groups is 2. The number of aliphatic hydroxyl groups excluding tert-OH is 1. The molecule has 1 aromatic rings. The van der Waals surface area contributed by atoms with E-state index in [9.17, 15) is 19.8 Å². The number of likely N-dealkylation sites (tertiary alicyclic amines) is 1. The molecule has 0 aliphatic carbocycles. The van der Waals surface area contributed by atoms with Crippen molar-refractivity contribution in [1.29, 1.82) is 0 Å². The quantitative estimate of drug-likeness (QED) is 0.658. The van der Waals surface area contributed by atoms with Gasteiger partial charge in [0.15, 0.2) is 6.04 Å². The summed E-state index contributed by atoms with van der Waals surface area (Å²) in [4.78, 5) is 24.3. The smallest absolute Gasteiger partial charge is 0.365 e. The molecule has 1 N–H and O–H groups in total. The number of esters is 1. The van der Waals surface area contributed by atoms with Crippen molar-refractivity contribution in [3.05, 3.63) is 35.9 Å². The molecule has 1 aliphatic heterocycles. The number of ether oxygens (including phenoxy) is 1. The van der Waals surface area contributed by atoms with E-state index in [4.69, 9.17) is 4.74 Å². The molecule has 0 aromatic heterocycles. The van der Waals surface area contributed by atoms with E-state index in [1.807, 2.05) is 30.3 Å². The summed E-state index contributed by atoms with van der Waals surface area (Å²) in [5.41, 5.74) is 0.0222. The third kappa shape index (κ3) is 3.23. The summed E-state index contributed by atoms with van der Waals surface area (Å²) in [7, 11) is 0. The Bertz CT molecular complexity index is 580. The van der Waals surface area contributed by atoms with Gasteiger partial charge in [0, 0.05) is 6.42 Å². The molecule has 2 rings (SSSR count). The van der Waals surface area contributed by atoms with Gasteiger partial charge in [0.2, 0.25) is 0 Å². The Balaban J connectivity index is 2.21. The van der Waals surface area contributed by atoms with Crippen molar-refractivity contribution in [3.8, 4) is 0 Å². The van der Waals surface area contributed by atoms with Gasteiger partial charge in [0.1, 0.15) is 19.3 Å². The lowest BCUT2D eigenvalue weighted by atomic mass is 10.00. The fourth-order valence-corrected chi connectivity index (χ4v) is 3.29. The van der Waals surface area contributed by atoms with Crippen molar-refractivity contribution in [2.45, 2.75) is 51.5 Å². The third-order valence-corrected chi connectivity index (χ3v) is 4.54. The molecule has 3 atom stereocenters. The van der Waals surface area contributed by atoms with Crippen molar-refractivity contribution in [1.82, 2.24) is 0 Å². The summed E-state index contributed by atoms with van der Waals surface area (Å²) in [5.74, 6) is -0.621. The van der Waals surface area contributed by atoms with Gasteiger partial charge < -0.3 is 19.7 Å². The highest BCUT2D eigenvalue weighted by atomic mass is 16.5. The summed E-state index contributed by atoms with van der Waals surface area (Å²) in [6.07, 6.45) is -2.18. The van der Waals surface area contributed by atoms with E-state index in [0.29, 0.717) is 0 Å². The van der Waals surface area contributed by atoms with Crippen molar-refractivity contribution in [3.63, 3.8) is 0 Å². The molecule has 1 saturated heterocycles. The zero-order chi connectivity index (χ0) is 17.3. The van der Waals surface area contributed by atoms with Crippen LogP contribution < -0.4 is 5.11 Å². The number of aliphatic hydroxyl groups is 1. The molecule has 1 heterocycles. The van der Waals surface area contributed by atoms with Crippen LogP contribution in [0.3, 0.4) is 0 Å². The van der Waals surface area contributed by atoms with Crippen LogP contribution in [0.1, 0.15) is 32.8 Å². The van der Waals surface area contributed by atoms with Crippen LogP contribution >= 0.6 is 0 Å². The van der Waals surface area contributed by atoms with Crippen LogP contribution in [-0.4, -0.2) is 45.9 Å². The molecular formula is C17H23NO5. The van der Waals surface area contributed by atoms with E-state index < -0.39 is 34.2 Å². The fourth-order valence-electron chi connectivity index (χ4n) is 3.29. The lowest BCUT2D eigenvalue weighted by Crippen LogP contribution is -2.71. The number of hydrogen-bond acceptors (Lipinski definition) is 5. The molecule has 6 nitrogen and oxygen atoms in total. The van der Waals surface area contributed by atoms with Crippen LogP contribution in [0.5, 0.6) is 0 Å². The van der Waals surface area contributed by atoms with Gasteiger partial charge in [-0.25, -0.2) is 4.79 Å². The molecule has 1 unspecified atom stereocenters. The van der Waals surface area contributed by atoms with Gasteiger partial charge in [0.05, 0.1) is 5.54 Å². The first kappa shape index (κ1) is 17.4. The van der Waals surface area contributed by atoms with Gasteiger partial charge in [-0.15, -0.1) is 0 Å². The zero-order valence-corrected chi connectivity index (χ0v) is 13.7. The first-order valence-electron chi connectivity index (χ1n) is 7.66. The fraction of sp³-hybridized carbons (Fsp3) is 0.529. The van der Waals surface area contributed by atoms with E-state index in [-0.39, 0.29) is 19.6 Å². The van der Waals surface area contributed by atoms with Crippen molar-refractivity contribution < 1.29 is 29.0 Å². The second-order valence-corrected chi connectivity index (χ2v) is 6.99. The molecular weight excluding hydrogens is 298 g/mol. The molecule has 0 saturated carbocycles. The average molecular weight is 321 g/mol. The minimum atomic E-state index is -1.37. The zero-order valence-electron chi connectivity index (χ0n) is 13.7. The van der Waals surface area contributed by atoms with Crippen molar-refractivity contribution in [2.24, 2.45) is 0 Å². The van der Waals surface area contributed by atoms with E-state index in [2.05, 4.69) is 0 Å². The molecule has 1 aliphatic rings. The van der Waals surface area contributed by atoms with Crippen LogP contribution in [0.4, 0.5) is 4.79 Å². The van der Waals surface area contributed by atoms with Crippen LogP contribution in [0, 0.1) is 0 Å². The second kappa shape index (κ2) is 6.29. The molecule has 6 heteroatoms. The molecule has 126 valence electrons. The first-order chi connectivity index (χ1) is 10.7. The Kier molecular flexibility index (Phi) is 4.77. The van der Waals surface area contributed by atoms with Crippen LogP contribution in [-0.2, 0) is 16.1 Å². The number of amides is 1. The number of quaternary nitrogens is 1. The standard InChI is InChI=1S/C17H23NO5/c1-17(2,3)18(16(21)22)10-13(19)9-14(18)15(20)23-11-12-7-5-4-6-8-12/h4-8,13-14,19H,9-11H2,1-3H3/t13-,14+,18?/m1/s1. The molecule has 0 radical (unpaired) electrons. The number of carbonyl (C=O) groups excluding carboxylic acids is 2. The van der Waals surface area contributed by atoms with E-state index in [1.54, 1.807) is 20.8 Å². The highest BCUT2D eigenvalue weighted by Gasteiger charge is 2.59. The SMILES string of the molecule is CC(C)(C)[N+]1(C(=O)[O-])C[C@H](O)C[C@H]1C(=O)OCc1ccccc1. The number of rotatable bonds is 3. The molecule has 0 bridgehead atoms. The van der Waals surface area contributed by atoms with E-state index in [1.165, 1.54) is 0 Å². The van der Waals surface area contributed by atoms with Crippen molar-refractivity contribution >= 4 is 12.1 Å². The maximum atomic E-state index is 12.5. The minimum Gasteiger partial charge on any atom is -0.498 e. The molecule has 23 heavy (non-hydrogen) atoms. The highest BCUT2D eigenvalue weighted by molar-refractivity contribution is 5.77. The molecule has 1 fully saturated rings. The molecule has 1 aromatic carbocycles. The van der Waals surface area contributed by atoms with Crippen LogP contribution in [0.15, 0.2) is 30.3 Å². The van der Waals surface area contributed by atoms with Gasteiger partial charge in [0.25, 0.3) is 6.09 Å². The third-order valence-electron chi connectivity index (χ3n) is 4.54. The largest absolute Gasteiger partial charge is 0.498 e. The predicted molar refractivity (Wildman–Crippen MR) is 80.9 cm³/mol. The average Bonchev–Trinajstić information content (AvgIpc) is 2.84. The number of nitrogens with zero attached hydrogens (tertiary/aromatic N) is 1. The maximum Gasteiger partial charge on any atom is 0.365 e. The lowest BCUT2D eigenvalue weighted by molar-refractivity contribution is -0.924. The van der Waals surface area contributed by atoms with Gasteiger partial charge >= 0.3 is 5.97 Å². The Morgan fingerprint density at radius 1 is 1.30 bits per heavy atom. The predicted octanol–water partition coefficient (Wildman–Crippen LogP) is 0.822. The molecule has 1 amide bonds. The molecule has 0 spiro atoms. The van der Waals surface area contributed by atoms with Gasteiger partial charge in [-0.2, -0.15) is 0 Å². The monoisotopic (exact) mass is 321 g/mol. The first-order valence-corrected chi connectivity index (χ1v) is 7.66.